The van der Waals surface area contributed by atoms with E-state index in [4.69, 9.17) is 10.3 Å². The molecule has 0 unspecified atom stereocenters. The number of aromatic nitrogens is 3. The first kappa shape index (κ1) is 10.2. The van der Waals surface area contributed by atoms with E-state index in [0.717, 1.165) is 0 Å². The van der Waals surface area contributed by atoms with Gasteiger partial charge in [-0.1, -0.05) is 6.92 Å². The summed E-state index contributed by atoms with van der Waals surface area (Å²) in [6.45, 7) is 1.95. The highest BCUT2D eigenvalue weighted by Gasteiger charge is 2.05. The van der Waals surface area contributed by atoms with Gasteiger partial charge >= 0.3 is 0 Å². The van der Waals surface area contributed by atoms with Gasteiger partial charge in [0.05, 0.1) is 12.5 Å². The molecule has 0 aromatic carbocycles. The van der Waals surface area contributed by atoms with Crippen molar-refractivity contribution in [1.82, 2.24) is 14.9 Å². The Bertz CT molecular complexity index is 472. The molecule has 0 fully saturated rings. The zero-order valence-corrected chi connectivity index (χ0v) is 8.79. The van der Waals surface area contributed by atoms with Gasteiger partial charge in [-0.3, -0.25) is 0 Å². The molecule has 0 saturated carbocycles. The van der Waals surface area contributed by atoms with Crippen molar-refractivity contribution in [1.29, 1.82) is 0 Å². The number of nitrogens with zero attached hydrogens (tertiary/aromatic N) is 4. The van der Waals surface area contributed by atoms with Crippen molar-refractivity contribution in [2.45, 2.75) is 13.3 Å². The molecule has 0 atom stereocenters. The van der Waals surface area contributed by atoms with Crippen molar-refractivity contribution in [2.24, 2.45) is 5.10 Å². The van der Waals surface area contributed by atoms with Crippen molar-refractivity contribution in [3.63, 3.8) is 0 Å². The van der Waals surface area contributed by atoms with Crippen molar-refractivity contribution in [3.8, 4) is 0 Å². The second-order valence-electron chi connectivity index (χ2n) is 3.05. The van der Waals surface area contributed by atoms with Crippen LogP contribution in [0.2, 0.25) is 0 Å². The molecule has 0 aliphatic heterocycles. The molecule has 7 nitrogen and oxygen atoms in total. The second kappa shape index (κ2) is 4.47. The number of hydrogen-bond donors (Lipinski definition) is 2. The lowest BCUT2D eigenvalue weighted by Crippen LogP contribution is -2.14. The summed E-state index contributed by atoms with van der Waals surface area (Å²) in [5.41, 5.74) is 2.68. The van der Waals surface area contributed by atoms with Gasteiger partial charge < -0.3 is 10.3 Å². The molecule has 0 aliphatic carbocycles. The molecule has 0 bridgehead atoms. The van der Waals surface area contributed by atoms with Crippen LogP contribution < -0.4 is 11.3 Å². The summed E-state index contributed by atoms with van der Waals surface area (Å²) in [5.74, 6) is 7.43. The molecule has 2 aromatic rings. The summed E-state index contributed by atoms with van der Waals surface area (Å²) in [4.78, 5) is 0. The van der Waals surface area contributed by atoms with Gasteiger partial charge in [0.1, 0.15) is 5.76 Å². The number of hydrazone groups is 1. The van der Waals surface area contributed by atoms with Crippen molar-refractivity contribution in [2.75, 3.05) is 11.3 Å². The van der Waals surface area contributed by atoms with Crippen LogP contribution in [-0.4, -0.2) is 21.1 Å². The molecule has 0 radical (unpaired) electrons. The third-order valence-corrected chi connectivity index (χ3v) is 1.98. The lowest BCUT2D eigenvalue weighted by molar-refractivity contribution is 0.560. The maximum atomic E-state index is 5.71. The molecule has 2 rings (SSSR count). The minimum absolute atomic E-state index is 0.389. The number of furan rings is 1. The average Bonchev–Trinajstić information content (AvgIpc) is 2.90. The quantitative estimate of drug-likeness (QED) is 0.447. The number of nitrogen functional groups attached to an aromatic ring is 1. The summed E-state index contributed by atoms with van der Waals surface area (Å²) in [6, 6.07) is 3.57. The van der Waals surface area contributed by atoms with E-state index in [1.165, 1.54) is 10.9 Å². The van der Waals surface area contributed by atoms with Crippen LogP contribution in [0, 0.1) is 0 Å². The molecule has 7 heteroatoms. The SMILES string of the molecule is CCc1nnc(NN=Cc2ccco2)n1N. The Labute approximate surface area is 91.9 Å². The van der Waals surface area contributed by atoms with Crippen molar-refractivity contribution >= 4 is 12.2 Å². The zero-order valence-electron chi connectivity index (χ0n) is 8.79. The number of rotatable bonds is 4. The molecule has 84 valence electrons. The van der Waals surface area contributed by atoms with Gasteiger partial charge in [0.15, 0.2) is 5.82 Å². The Morgan fingerprint density at radius 1 is 1.62 bits per heavy atom. The van der Waals surface area contributed by atoms with Crippen LogP contribution >= 0.6 is 0 Å². The predicted octanol–water partition coefficient (Wildman–Crippen LogP) is 0.593. The van der Waals surface area contributed by atoms with Crippen molar-refractivity contribution in [3.05, 3.63) is 30.0 Å². The third-order valence-electron chi connectivity index (χ3n) is 1.98. The summed E-state index contributed by atoms with van der Waals surface area (Å²) < 4.78 is 6.43. The lowest BCUT2D eigenvalue weighted by atomic mass is 10.5. The van der Waals surface area contributed by atoms with Gasteiger partial charge in [-0.25, -0.2) is 10.1 Å². The van der Waals surface area contributed by atoms with Crippen LogP contribution in [0.5, 0.6) is 0 Å². The standard InChI is InChI=1S/C9H12N6O/c1-2-8-12-14-9(15(8)10)13-11-6-7-4-3-5-16-7/h3-6H,2,10H2,1H3,(H,13,14). The van der Waals surface area contributed by atoms with Gasteiger partial charge in [-0.05, 0) is 12.1 Å². The molecular formula is C9H12N6O. The fourth-order valence-electron chi connectivity index (χ4n) is 1.16. The first-order valence-corrected chi connectivity index (χ1v) is 4.83. The van der Waals surface area contributed by atoms with Crippen LogP contribution in [0.3, 0.4) is 0 Å². The zero-order chi connectivity index (χ0) is 11.4. The molecular weight excluding hydrogens is 208 g/mol. The van der Waals surface area contributed by atoms with E-state index in [9.17, 15) is 0 Å². The average molecular weight is 220 g/mol. The summed E-state index contributed by atoms with van der Waals surface area (Å²) in [6.07, 6.45) is 3.81. The van der Waals surface area contributed by atoms with Gasteiger partial charge in [-0.15, -0.1) is 10.2 Å². The minimum Gasteiger partial charge on any atom is -0.463 e. The van der Waals surface area contributed by atoms with E-state index in [-0.39, 0.29) is 0 Å². The highest BCUT2D eigenvalue weighted by molar-refractivity contribution is 5.76. The smallest absolute Gasteiger partial charge is 0.263 e. The van der Waals surface area contributed by atoms with Crippen LogP contribution in [0.1, 0.15) is 18.5 Å². The van der Waals surface area contributed by atoms with E-state index in [1.807, 2.05) is 6.92 Å². The van der Waals surface area contributed by atoms with Crippen LogP contribution in [0.25, 0.3) is 0 Å². The normalized spacial score (nSPS) is 11.1. The highest BCUT2D eigenvalue weighted by Crippen LogP contribution is 2.03. The van der Waals surface area contributed by atoms with Gasteiger partial charge in [-0.2, -0.15) is 5.10 Å². The summed E-state index contributed by atoms with van der Waals surface area (Å²) in [7, 11) is 0. The molecule has 0 amide bonds. The number of aryl methyl sites for hydroxylation is 1. The number of nitrogens with one attached hydrogen (secondary N) is 1. The van der Waals surface area contributed by atoms with Crippen LogP contribution in [0.4, 0.5) is 5.95 Å². The number of anilines is 1. The second-order valence-corrected chi connectivity index (χ2v) is 3.05. The Morgan fingerprint density at radius 2 is 2.50 bits per heavy atom. The molecule has 0 saturated heterocycles. The molecule has 2 heterocycles. The number of hydrogen-bond acceptors (Lipinski definition) is 6. The van der Waals surface area contributed by atoms with Gasteiger partial charge in [0.2, 0.25) is 0 Å². The molecule has 0 aliphatic rings. The Hall–Kier alpha value is -2.31. The minimum atomic E-state index is 0.389. The predicted molar refractivity (Wildman–Crippen MR) is 59.5 cm³/mol. The maximum Gasteiger partial charge on any atom is 0.263 e. The number of nitrogens with two attached hydrogens (primary N) is 1. The Kier molecular flexibility index (Phi) is 2.86. The van der Waals surface area contributed by atoms with E-state index in [1.54, 1.807) is 18.4 Å². The van der Waals surface area contributed by atoms with E-state index in [2.05, 4.69) is 20.7 Å². The first-order valence-electron chi connectivity index (χ1n) is 4.83. The molecule has 3 N–H and O–H groups in total. The topological polar surface area (TPSA) is 94.3 Å². The molecule has 2 aromatic heterocycles. The van der Waals surface area contributed by atoms with E-state index >= 15 is 0 Å². The first-order chi connectivity index (χ1) is 7.81. The summed E-state index contributed by atoms with van der Waals surface area (Å²) in [5, 5.41) is 11.6. The van der Waals surface area contributed by atoms with Crippen LogP contribution in [0.15, 0.2) is 27.9 Å². The highest BCUT2D eigenvalue weighted by atomic mass is 16.3. The maximum absolute atomic E-state index is 5.71. The molecule has 16 heavy (non-hydrogen) atoms. The third kappa shape index (κ3) is 2.02. The van der Waals surface area contributed by atoms with Crippen molar-refractivity contribution < 1.29 is 4.42 Å². The van der Waals surface area contributed by atoms with E-state index < -0.39 is 0 Å². The van der Waals surface area contributed by atoms with Gasteiger partial charge in [0.25, 0.3) is 5.95 Å². The Morgan fingerprint density at radius 3 is 3.12 bits per heavy atom. The largest absolute Gasteiger partial charge is 0.463 e. The van der Waals surface area contributed by atoms with Gasteiger partial charge in [0, 0.05) is 6.42 Å². The summed E-state index contributed by atoms with van der Waals surface area (Å²) >= 11 is 0. The fourth-order valence-corrected chi connectivity index (χ4v) is 1.16. The lowest BCUT2D eigenvalue weighted by Gasteiger charge is -1.99. The molecule has 0 spiro atoms. The fraction of sp³-hybridized carbons (Fsp3) is 0.222. The van der Waals surface area contributed by atoms with Crippen LogP contribution in [-0.2, 0) is 6.42 Å². The Balaban J connectivity index is 2.02. The monoisotopic (exact) mass is 220 g/mol. The van der Waals surface area contributed by atoms with E-state index in [0.29, 0.717) is 24.0 Å².